The lowest BCUT2D eigenvalue weighted by molar-refractivity contribution is -0.153. The molecule has 1 saturated heterocycles. The van der Waals surface area contributed by atoms with Gasteiger partial charge in [0.15, 0.2) is 6.61 Å². The van der Waals surface area contributed by atoms with Crippen LogP contribution in [0, 0.1) is 11.3 Å². The van der Waals surface area contributed by atoms with Gasteiger partial charge in [0, 0.05) is 11.7 Å². The van der Waals surface area contributed by atoms with Crippen LogP contribution in [0.3, 0.4) is 0 Å². The Kier molecular flexibility index (Phi) is 5.82. The third kappa shape index (κ3) is 5.00. The van der Waals surface area contributed by atoms with E-state index in [0.717, 1.165) is 5.56 Å². The molecule has 2 unspecified atom stereocenters. The normalized spacial score (nSPS) is 19.1. The van der Waals surface area contributed by atoms with Crippen molar-refractivity contribution < 1.29 is 22.7 Å². The SMILES string of the molecule is N#Cc1cc(NC(=O)C2CC(c3ccccc3)NN2)ccc1OCC(F)(F)F. The van der Waals surface area contributed by atoms with E-state index in [9.17, 15) is 18.0 Å². The second kappa shape index (κ2) is 8.29. The summed E-state index contributed by atoms with van der Waals surface area (Å²) in [5.74, 6) is -0.513. The van der Waals surface area contributed by atoms with Gasteiger partial charge >= 0.3 is 6.18 Å². The molecule has 0 saturated carbocycles. The van der Waals surface area contributed by atoms with E-state index < -0.39 is 18.8 Å². The predicted molar refractivity (Wildman–Crippen MR) is 95.2 cm³/mol. The number of halogens is 3. The van der Waals surface area contributed by atoms with Gasteiger partial charge in [-0.1, -0.05) is 30.3 Å². The maximum atomic E-state index is 12.5. The number of amides is 1. The topological polar surface area (TPSA) is 86.2 Å². The van der Waals surface area contributed by atoms with E-state index in [1.807, 2.05) is 30.3 Å². The summed E-state index contributed by atoms with van der Waals surface area (Å²) in [6.45, 7) is -1.49. The Bertz CT molecular complexity index is 881. The van der Waals surface area contributed by atoms with Crippen LogP contribution in [0.25, 0.3) is 0 Å². The number of ether oxygens (including phenoxy) is 1. The molecule has 0 aliphatic carbocycles. The zero-order valence-electron chi connectivity index (χ0n) is 14.6. The summed E-state index contributed by atoms with van der Waals surface area (Å²) in [7, 11) is 0. The molecule has 2 aromatic carbocycles. The molecule has 1 heterocycles. The summed E-state index contributed by atoms with van der Waals surface area (Å²) in [6.07, 6.45) is -3.98. The van der Waals surface area contributed by atoms with Crippen LogP contribution in [-0.4, -0.2) is 24.7 Å². The Morgan fingerprint density at radius 2 is 1.96 bits per heavy atom. The highest BCUT2D eigenvalue weighted by molar-refractivity contribution is 5.95. The van der Waals surface area contributed by atoms with Gasteiger partial charge in [-0.25, -0.2) is 10.9 Å². The average molecular weight is 390 g/mol. The summed E-state index contributed by atoms with van der Waals surface area (Å²) in [4.78, 5) is 12.5. The first kappa shape index (κ1) is 19.7. The molecule has 1 fully saturated rings. The summed E-state index contributed by atoms with van der Waals surface area (Å²) in [5, 5.41) is 11.8. The molecule has 1 aliphatic heterocycles. The van der Waals surface area contributed by atoms with Crippen molar-refractivity contribution in [2.45, 2.75) is 24.7 Å². The average Bonchev–Trinajstić information content (AvgIpc) is 3.17. The number of rotatable bonds is 5. The molecular formula is C19H17F3N4O2. The van der Waals surface area contributed by atoms with Gasteiger partial charge in [-0.2, -0.15) is 18.4 Å². The minimum absolute atomic E-state index is 0.0234. The zero-order valence-corrected chi connectivity index (χ0v) is 14.6. The van der Waals surface area contributed by atoms with E-state index in [4.69, 9.17) is 5.26 Å². The molecule has 6 nitrogen and oxygen atoms in total. The van der Waals surface area contributed by atoms with E-state index in [-0.39, 0.29) is 23.3 Å². The molecule has 0 bridgehead atoms. The van der Waals surface area contributed by atoms with Gasteiger partial charge in [0.05, 0.1) is 5.56 Å². The molecular weight excluding hydrogens is 373 g/mol. The lowest BCUT2D eigenvalue weighted by Crippen LogP contribution is -2.39. The van der Waals surface area contributed by atoms with Crippen molar-refractivity contribution >= 4 is 11.6 Å². The molecule has 2 aromatic rings. The second-order valence-corrected chi connectivity index (χ2v) is 6.26. The second-order valence-electron chi connectivity index (χ2n) is 6.26. The molecule has 3 N–H and O–H groups in total. The minimum atomic E-state index is -4.50. The molecule has 0 aromatic heterocycles. The number of hydrogen-bond acceptors (Lipinski definition) is 5. The van der Waals surface area contributed by atoms with E-state index in [1.165, 1.54) is 18.2 Å². The number of carbonyl (C=O) groups excluding carboxylic acids is 1. The summed E-state index contributed by atoms with van der Waals surface area (Å²) in [6, 6.07) is 14.8. The molecule has 1 aliphatic rings. The molecule has 0 radical (unpaired) electrons. The quantitative estimate of drug-likeness (QED) is 0.731. The standard InChI is InChI=1S/C19H17F3N4O2/c20-19(21,22)11-28-17-7-6-14(8-13(17)10-23)24-18(27)16-9-15(25-26-16)12-4-2-1-3-5-12/h1-8,15-16,25-26H,9,11H2,(H,24,27). The Hall–Kier alpha value is -3.09. The highest BCUT2D eigenvalue weighted by Gasteiger charge is 2.31. The third-order valence-electron chi connectivity index (χ3n) is 4.18. The van der Waals surface area contributed by atoms with Crippen molar-refractivity contribution in [3.05, 3.63) is 59.7 Å². The Balaban J connectivity index is 1.62. The molecule has 0 spiro atoms. The molecule has 9 heteroatoms. The van der Waals surface area contributed by atoms with Crippen LogP contribution >= 0.6 is 0 Å². The van der Waals surface area contributed by atoms with E-state index in [1.54, 1.807) is 6.07 Å². The number of anilines is 1. The largest absolute Gasteiger partial charge is 0.483 e. The Morgan fingerprint density at radius 3 is 2.64 bits per heavy atom. The van der Waals surface area contributed by atoms with Crippen molar-refractivity contribution in [2.75, 3.05) is 11.9 Å². The van der Waals surface area contributed by atoms with Gasteiger partial charge in [-0.15, -0.1) is 0 Å². The smallest absolute Gasteiger partial charge is 0.422 e. The van der Waals surface area contributed by atoms with E-state index in [0.29, 0.717) is 12.1 Å². The summed E-state index contributed by atoms with van der Waals surface area (Å²) >= 11 is 0. The fourth-order valence-corrected chi connectivity index (χ4v) is 2.84. The van der Waals surface area contributed by atoms with Crippen molar-refractivity contribution in [1.82, 2.24) is 10.9 Å². The minimum Gasteiger partial charge on any atom is -0.483 e. The van der Waals surface area contributed by atoms with Gasteiger partial charge in [-0.3, -0.25) is 4.79 Å². The molecule has 3 rings (SSSR count). The zero-order chi connectivity index (χ0) is 20.1. The van der Waals surface area contributed by atoms with Crippen LogP contribution in [0.15, 0.2) is 48.5 Å². The van der Waals surface area contributed by atoms with Crippen molar-refractivity contribution in [3.63, 3.8) is 0 Å². The van der Waals surface area contributed by atoms with E-state index >= 15 is 0 Å². The van der Waals surface area contributed by atoms with Crippen LogP contribution in [-0.2, 0) is 4.79 Å². The number of nitrogens with zero attached hydrogens (tertiary/aromatic N) is 1. The van der Waals surface area contributed by atoms with Crippen molar-refractivity contribution in [3.8, 4) is 11.8 Å². The fourth-order valence-electron chi connectivity index (χ4n) is 2.84. The first-order valence-electron chi connectivity index (χ1n) is 8.46. The predicted octanol–water partition coefficient (Wildman–Crippen LogP) is 3.05. The molecule has 28 heavy (non-hydrogen) atoms. The number of nitriles is 1. The number of benzene rings is 2. The van der Waals surface area contributed by atoms with Gasteiger partial charge < -0.3 is 10.1 Å². The van der Waals surface area contributed by atoms with Crippen LogP contribution in [0.5, 0.6) is 5.75 Å². The Morgan fingerprint density at radius 1 is 1.21 bits per heavy atom. The summed E-state index contributed by atoms with van der Waals surface area (Å²) < 4.78 is 41.5. The van der Waals surface area contributed by atoms with E-state index in [2.05, 4.69) is 20.9 Å². The van der Waals surface area contributed by atoms with Gasteiger partial charge in [0.1, 0.15) is 17.9 Å². The highest BCUT2D eigenvalue weighted by atomic mass is 19.4. The highest BCUT2D eigenvalue weighted by Crippen LogP contribution is 2.26. The third-order valence-corrected chi connectivity index (χ3v) is 4.18. The monoisotopic (exact) mass is 390 g/mol. The van der Waals surface area contributed by atoms with Crippen LogP contribution in [0.4, 0.5) is 18.9 Å². The summed E-state index contributed by atoms with van der Waals surface area (Å²) in [5.41, 5.74) is 7.23. The van der Waals surface area contributed by atoms with Crippen LogP contribution in [0.1, 0.15) is 23.6 Å². The number of hydrazine groups is 1. The van der Waals surface area contributed by atoms with Crippen LogP contribution < -0.4 is 20.9 Å². The van der Waals surface area contributed by atoms with Crippen molar-refractivity contribution in [1.29, 1.82) is 5.26 Å². The van der Waals surface area contributed by atoms with Crippen molar-refractivity contribution in [2.24, 2.45) is 0 Å². The molecule has 1 amide bonds. The maximum absolute atomic E-state index is 12.5. The molecule has 2 atom stereocenters. The number of hydrogen-bond donors (Lipinski definition) is 3. The number of alkyl halides is 3. The van der Waals surface area contributed by atoms with Gasteiger partial charge in [-0.05, 0) is 30.2 Å². The lowest BCUT2D eigenvalue weighted by Gasteiger charge is -2.13. The first-order chi connectivity index (χ1) is 13.4. The van der Waals surface area contributed by atoms with Gasteiger partial charge in [0.25, 0.3) is 0 Å². The lowest BCUT2D eigenvalue weighted by atomic mass is 10.0. The first-order valence-corrected chi connectivity index (χ1v) is 8.46. The molecule has 146 valence electrons. The fraction of sp³-hybridized carbons (Fsp3) is 0.263. The number of nitrogens with one attached hydrogen (secondary N) is 3. The Labute approximate surface area is 159 Å². The maximum Gasteiger partial charge on any atom is 0.422 e. The van der Waals surface area contributed by atoms with Crippen LogP contribution in [0.2, 0.25) is 0 Å². The van der Waals surface area contributed by atoms with Gasteiger partial charge in [0.2, 0.25) is 5.91 Å². The number of carbonyl (C=O) groups is 1.